The Balaban J connectivity index is 5.28. The quantitative estimate of drug-likeness (QED) is 0.0222. The van der Waals surface area contributed by atoms with Crippen LogP contribution in [0.3, 0.4) is 0 Å². The molecule has 0 radical (unpaired) electrons. The van der Waals surface area contributed by atoms with Gasteiger partial charge in [-0.3, -0.25) is 37.3 Å². The third-order valence-corrected chi connectivity index (χ3v) is 22.8. The number of carbonyl (C=O) groups is 4. The molecule has 0 aliphatic rings. The van der Waals surface area contributed by atoms with Crippen molar-refractivity contribution in [1.82, 2.24) is 0 Å². The molecule has 0 rings (SSSR count). The Morgan fingerprint density at radius 1 is 0.269 bits per heavy atom. The maximum atomic E-state index is 13.1. The van der Waals surface area contributed by atoms with Crippen LogP contribution in [0.4, 0.5) is 0 Å². The summed E-state index contributed by atoms with van der Waals surface area (Å²) in [5.41, 5.74) is 0. The Labute approximate surface area is 638 Å². The number of hydrogen-bond donors (Lipinski definition) is 3. The summed E-state index contributed by atoms with van der Waals surface area (Å²) in [6, 6.07) is 0. The molecule has 0 amide bonds. The second-order valence-corrected chi connectivity index (χ2v) is 34.7. The third-order valence-electron chi connectivity index (χ3n) is 20.9. The van der Waals surface area contributed by atoms with E-state index in [1.54, 1.807) is 0 Å². The highest BCUT2D eigenvalue weighted by atomic mass is 31.2. The first kappa shape index (κ1) is 102. The number of carbonyl (C=O) groups excluding carboxylic acids is 4. The molecular formula is C85H166O17P2. The number of ether oxygens (including phenoxy) is 4. The summed E-state index contributed by atoms with van der Waals surface area (Å²) in [6.07, 6.45) is 62.2. The molecule has 17 nitrogen and oxygen atoms in total. The highest BCUT2D eigenvalue weighted by Crippen LogP contribution is 2.45. The van der Waals surface area contributed by atoms with Crippen molar-refractivity contribution in [1.29, 1.82) is 0 Å². The molecule has 0 aromatic heterocycles. The molecule has 618 valence electrons. The smallest absolute Gasteiger partial charge is 0.462 e. The minimum absolute atomic E-state index is 0.107. The summed E-state index contributed by atoms with van der Waals surface area (Å²) in [4.78, 5) is 73.2. The van der Waals surface area contributed by atoms with Crippen LogP contribution in [0.15, 0.2) is 0 Å². The third kappa shape index (κ3) is 74.2. The van der Waals surface area contributed by atoms with Crippen molar-refractivity contribution in [2.24, 2.45) is 23.7 Å². The summed E-state index contributed by atoms with van der Waals surface area (Å²) in [5, 5.41) is 10.7. The molecule has 19 heteroatoms. The molecule has 3 N–H and O–H groups in total. The van der Waals surface area contributed by atoms with Gasteiger partial charge in [0.15, 0.2) is 12.2 Å². The van der Waals surface area contributed by atoms with E-state index in [1.165, 1.54) is 244 Å². The molecule has 8 atom stereocenters. The Morgan fingerprint density at radius 2 is 0.462 bits per heavy atom. The van der Waals surface area contributed by atoms with Crippen molar-refractivity contribution in [2.75, 3.05) is 39.6 Å². The number of rotatable bonds is 82. The van der Waals surface area contributed by atoms with Gasteiger partial charge >= 0.3 is 39.5 Å². The van der Waals surface area contributed by atoms with Gasteiger partial charge < -0.3 is 33.8 Å². The Bertz CT molecular complexity index is 2030. The van der Waals surface area contributed by atoms with Gasteiger partial charge in [0.2, 0.25) is 0 Å². The molecule has 104 heavy (non-hydrogen) atoms. The monoisotopic (exact) mass is 1520 g/mol. The van der Waals surface area contributed by atoms with Crippen LogP contribution in [0, 0.1) is 23.7 Å². The maximum absolute atomic E-state index is 13.1. The van der Waals surface area contributed by atoms with Gasteiger partial charge in [0.1, 0.15) is 19.3 Å². The molecule has 5 unspecified atom stereocenters. The Morgan fingerprint density at radius 3 is 0.683 bits per heavy atom. The van der Waals surface area contributed by atoms with E-state index in [1.807, 2.05) is 0 Å². The first-order chi connectivity index (χ1) is 50.2. The first-order valence-electron chi connectivity index (χ1n) is 43.8. The predicted molar refractivity (Wildman–Crippen MR) is 428 cm³/mol. The summed E-state index contributed by atoms with van der Waals surface area (Å²) < 4.78 is 68.9. The maximum Gasteiger partial charge on any atom is 0.472 e. The minimum Gasteiger partial charge on any atom is -0.462 e. The van der Waals surface area contributed by atoms with E-state index >= 15 is 0 Å². The zero-order chi connectivity index (χ0) is 76.7. The van der Waals surface area contributed by atoms with Crippen LogP contribution in [0.1, 0.15) is 441 Å². The number of phosphoric ester groups is 2. The highest BCUT2D eigenvalue weighted by Gasteiger charge is 2.31. The summed E-state index contributed by atoms with van der Waals surface area (Å²) in [6.45, 7) is 14.4. The second-order valence-electron chi connectivity index (χ2n) is 31.8. The van der Waals surface area contributed by atoms with Crippen LogP contribution in [-0.2, 0) is 65.4 Å². The number of aliphatic hydroxyl groups excluding tert-OH is 1. The standard InChI is InChI=1S/C85H166O17P2/c1-9-76(6)62-54-46-38-30-24-18-12-14-20-26-32-41-49-57-65-82(87)95-71-80(101-84(89)67-59-51-43-33-27-21-15-13-19-25-31-39-47-55-63-77(7)10-2)73-99-103(91,92)97-69-79(86)70-98-104(93,94)100-74-81(72-96-83(88)66-58-50-42-36-35-40-48-56-64-78(8)11-3)102-85(90)68-60-52-44-34-28-22-16-17-23-29-37-45-53-61-75(4)5/h75-81,86H,9-74H2,1-8H3,(H,91,92)(H,93,94)/t76?,77?,78?,79-,80-,81-/m1/s1. The minimum atomic E-state index is -4.97. The van der Waals surface area contributed by atoms with Gasteiger partial charge in [0.05, 0.1) is 26.4 Å². The van der Waals surface area contributed by atoms with E-state index < -0.39 is 97.5 Å². The van der Waals surface area contributed by atoms with Crippen molar-refractivity contribution in [3.63, 3.8) is 0 Å². The molecule has 0 aromatic carbocycles. The van der Waals surface area contributed by atoms with Gasteiger partial charge in [-0.05, 0) is 49.4 Å². The lowest BCUT2D eigenvalue weighted by molar-refractivity contribution is -0.161. The van der Waals surface area contributed by atoms with Crippen molar-refractivity contribution >= 4 is 39.5 Å². The van der Waals surface area contributed by atoms with Gasteiger partial charge in [-0.2, -0.15) is 0 Å². The van der Waals surface area contributed by atoms with E-state index in [2.05, 4.69) is 55.4 Å². The summed E-state index contributed by atoms with van der Waals surface area (Å²) in [7, 11) is -9.93. The van der Waals surface area contributed by atoms with E-state index in [-0.39, 0.29) is 25.7 Å². The zero-order valence-electron chi connectivity index (χ0n) is 68.7. The average Bonchev–Trinajstić information content (AvgIpc) is 0.915. The number of esters is 4. The topological polar surface area (TPSA) is 237 Å². The molecular weight excluding hydrogens is 1350 g/mol. The number of hydrogen-bond acceptors (Lipinski definition) is 15. The fourth-order valence-electron chi connectivity index (χ4n) is 13.0. The van der Waals surface area contributed by atoms with E-state index in [0.29, 0.717) is 25.7 Å². The van der Waals surface area contributed by atoms with Gasteiger partial charge in [-0.1, -0.05) is 389 Å². The lowest BCUT2D eigenvalue weighted by Crippen LogP contribution is -2.30. The SMILES string of the molecule is CCC(C)CCCCCCCCCCCCCCCCC(=O)OC[C@H](COP(=O)(O)OC[C@@H](O)COP(=O)(O)OC[C@@H](COC(=O)CCCCCCCCCCC(C)CC)OC(=O)CCCCCCCCCCCCCCCC(C)C)OC(=O)CCCCCCCCCCCCCCCCC(C)CC. The molecule has 0 aliphatic heterocycles. The number of aliphatic hydroxyl groups is 1. The molecule has 0 aromatic rings. The first-order valence-corrected chi connectivity index (χ1v) is 46.8. The fourth-order valence-corrected chi connectivity index (χ4v) is 14.6. The predicted octanol–water partition coefficient (Wildman–Crippen LogP) is 25.6. The molecule has 0 saturated carbocycles. The van der Waals surface area contributed by atoms with Crippen molar-refractivity contribution in [3.8, 4) is 0 Å². The van der Waals surface area contributed by atoms with Gasteiger partial charge in [0.25, 0.3) is 0 Å². The molecule has 0 fully saturated rings. The number of phosphoric acid groups is 2. The van der Waals surface area contributed by atoms with Gasteiger partial charge in [-0.25, -0.2) is 9.13 Å². The van der Waals surface area contributed by atoms with E-state index in [0.717, 1.165) is 114 Å². The second kappa shape index (κ2) is 73.8. The van der Waals surface area contributed by atoms with Crippen LogP contribution in [-0.4, -0.2) is 96.7 Å². The molecule has 0 heterocycles. The fraction of sp³-hybridized carbons (Fsp3) is 0.953. The summed E-state index contributed by atoms with van der Waals surface area (Å²) in [5.74, 6) is 1.15. The molecule has 0 saturated heterocycles. The van der Waals surface area contributed by atoms with Gasteiger partial charge in [0, 0.05) is 25.7 Å². The van der Waals surface area contributed by atoms with Crippen molar-refractivity contribution < 1.29 is 80.2 Å². The molecule has 0 aliphatic carbocycles. The Hall–Kier alpha value is -1.94. The largest absolute Gasteiger partial charge is 0.472 e. The van der Waals surface area contributed by atoms with Gasteiger partial charge in [-0.15, -0.1) is 0 Å². The molecule has 0 spiro atoms. The van der Waals surface area contributed by atoms with Crippen LogP contribution in [0.25, 0.3) is 0 Å². The summed E-state index contributed by atoms with van der Waals surface area (Å²) >= 11 is 0. The van der Waals surface area contributed by atoms with Crippen LogP contribution in [0.5, 0.6) is 0 Å². The Kier molecular flexibility index (Phi) is 72.5. The number of unbranched alkanes of at least 4 members (excludes halogenated alkanes) is 45. The van der Waals surface area contributed by atoms with Crippen LogP contribution < -0.4 is 0 Å². The lowest BCUT2D eigenvalue weighted by atomic mass is 9.99. The van der Waals surface area contributed by atoms with E-state index in [4.69, 9.17) is 37.0 Å². The highest BCUT2D eigenvalue weighted by molar-refractivity contribution is 7.47. The zero-order valence-corrected chi connectivity index (χ0v) is 70.5. The normalized spacial score (nSPS) is 14.7. The van der Waals surface area contributed by atoms with E-state index in [9.17, 15) is 43.2 Å². The van der Waals surface area contributed by atoms with Crippen LogP contribution in [0.2, 0.25) is 0 Å². The van der Waals surface area contributed by atoms with Crippen molar-refractivity contribution in [2.45, 2.75) is 459 Å². The van der Waals surface area contributed by atoms with Crippen molar-refractivity contribution in [3.05, 3.63) is 0 Å². The average molecular weight is 1520 g/mol. The molecule has 0 bridgehead atoms. The van der Waals surface area contributed by atoms with Crippen LogP contribution >= 0.6 is 15.6 Å². The lowest BCUT2D eigenvalue weighted by Gasteiger charge is -2.21.